The monoisotopic (exact) mass is 319 g/mol. The van der Waals surface area contributed by atoms with Gasteiger partial charge in [-0.3, -0.25) is 9.80 Å². The van der Waals surface area contributed by atoms with E-state index in [2.05, 4.69) is 45.6 Å². The van der Waals surface area contributed by atoms with Gasteiger partial charge in [0.1, 0.15) is 5.82 Å². The second kappa shape index (κ2) is 6.89. The predicted molar refractivity (Wildman–Crippen MR) is 90.0 cm³/mol. The van der Waals surface area contributed by atoms with Crippen molar-refractivity contribution in [2.24, 2.45) is 7.05 Å². The van der Waals surface area contributed by atoms with E-state index in [9.17, 15) is 0 Å². The zero-order valence-corrected chi connectivity index (χ0v) is 14.5. The lowest BCUT2D eigenvalue weighted by atomic mass is 10.2. The van der Waals surface area contributed by atoms with E-state index in [1.54, 1.807) is 11.3 Å². The van der Waals surface area contributed by atoms with Gasteiger partial charge in [0.15, 0.2) is 0 Å². The Hall–Kier alpha value is -1.24. The summed E-state index contributed by atoms with van der Waals surface area (Å²) < 4.78 is 2.11. The van der Waals surface area contributed by atoms with Gasteiger partial charge in [-0.05, 0) is 0 Å². The molecule has 0 spiro atoms. The lowest BCUT2D eigenvalue weighted by molar-refractivity contribution is 0.118. The summed E-state index contributed by atoms with van der Waals surface area (Å²) in [5.74, 6) is 1.68. The van der Waals surface area contributed by atoms with Crippen LogP contribution in [-0.4, -0.2) is 50.5 Å². The van der Waals surface area contributed by atoms with Gasteiger partial charge in [-0.15, -0.1) is 11.3 Å². The lowest BCUT2D eigenvalue weighted by Gasteiger charge is -2.34. The number of rotatable bonds is 5. The molecule has 5 nitrogen and oxygen atoms in total. The average Bonchev–Trinajstić information content (AvgIpc) is 3.11. The molecule has 0 atom stereocenters. The number of nitrogens with zero attached hydrogens (tertiary/aromatic N) is 5. The summed E-state index contributed by atoms with van der Waals surface area (Å²) in [6.45, 7) is 10.8. The summed E-state index contributed by atoms with van der Waals surface area (Å²) in [6, 6.07) is 0. The molecule has 0 unspecified atom stereocenters. The summed E-state index contributed by atoms with van der Waals surface area (Å²) in [6.07, 6.45) is 3.89. The zero-order chi connectivity index (χ0) is 15.5. The van der Waals surface area contributed by atoms with Crippen LogP contribution in [0.1, 0.15) is 36.3 Å². The molecule has 0 aromatic carbocycles. The number of thiazole rings is 1. The Morgan fingerprint density at radius 3 is 2.36 bits per heavy atom. The van der Waals surface area contributed by atoms with E-state index in [-0.39, 0.29) is 0 Å². The maximum Gasteiger partial charge on any atom is 0.122 e. The molecule has 0 bridgehead atoms. The Morgan fingerprint density at radius 2 is 1.82 bits per heavy atom. The first-order valence-electron chi connectivity index (χ1n) is 7.97. The average molecular weight is 319 g/mol. The van der Waals surface area contributed by atoms with Gasteiger partial charge in [-0.25, -0.2) is 9.97 Å². The molecule has 22 heavy (non-hydrogen) atoms. The summed E-state index contributed by atoms with van der Waals surface area (Å²) in [4.78, 5) is 14.2. The van der Waals surface area contributed by atoms with Crippen molar-refractivity contribution < 1.29 is 0 Å². The molecule has 3 heterocycles. The van der Waals surface area contributed by atoms with Crippen LogP contribution in [-0.2, 0) is 20.1 Å². The number of aromatic nitrogens is 3. The summed E-state index contributed by atoms with van der Waals surface area (Å²) in [7, 11) is 2.06. The Morgan fingerprint density at radius 1 is 1.14 bits per heavy atom. The first kappa shape index (κ1) is 15.6. The van der Waals surface area contributed by atoms with Crippen LogP contribution < -0.4 is 0 Å². The maximum absolute atomic E-state index is 4.75. The third-order valence-corrected chi connectivity index (χ3v) is 5.39. The lowest BCUT2D eigenvalue weighted by Crippen LogP contribution is -2.45. The van der Waals surface area contributed by atoms with E-state index < -0.39 is 0 Å². The third-order valence-electron chi connectivity index (χ3n) is 4.20. The van der Waals surface area contributed by atoms with Crippen molar-refractivity contribution >= 4 is 11.3 Å². The molecule has 2 aromatic rings. The van der Waals surface area contributed by atoms with Crippen LogP contribution in [0.4, 0.5) is 0 Å². The number of hydrogen-bond acceptors (Lipinski definition) is 5. The second-order valence-electron chi connectivity index (χ2n) is 6.34. The van der Waals surface area contributed by atoms with Gasteiger partial charge in [0.25, 0.3) is 0 Å². The van der Waals surface area contributed by atoms with Crippen molar-refractivity contribution in [3.63, 3.8) is 0 Å². The highest BCUT2D eigenvalue weighted by Crippen LogP contribution is 2.20. The maximum atomic E-state index is 4.75. The number of imidazole rings is 1. The molecular formula is C16H25N5S. The van der Waals surface area contributed by atoms with Crippen molar-refractivity contribution in [2.45, 2.75) is 32.9 Å². The van der Waals surface area contributed by atoms with Crippen LogP contribution in [0.2, 0.25) is 0 Å². The zero-order valence-electron chi connectivity index (χ0n) is 13.7. The largest absolute Gasteiger partial charge is 0.337 e. The van der Waals surface area contributed by atoms with Crippen LogP contribution in [0.25, 0.3) is 0 Å². The molecule has 3 rings (SSSR count). The Labute approximate surface area is 136 Å². The molecule has 0 aliphatic carbocycles. The SMILES string of the molecule is CC(C)c1nc(CN2CCN(Cc3nccn3C)CC2)cs1. The predicted octanol–water partition coefficient (Wildman–Crippen LogP) is 2.32. The fraction of sp³-hybridized carbons (Fsp3) is 0.625. The van der Waals surface area contributed by atoms with E-state index >= 15 is 0 Å². The number of aryl methyl sites for hydroxylation is 1. The number of hydrogen-bond donors (Lipinski definition) is 0. The topological polar surface area (TPSA) is 37.2 Å². The molecule has 1 aliphatic heterocycles. The molecule has 0 radical (unpaired) electrons. The molecule has 0 saturated carbocycles. The van der Waals surface area contributed by atoms with Gasteiger partial charge >= 0.3 is 0 Å². The van der Waals surface area contributed by atoms with Crippen molar-refractivity contribution in [1.82, 2.24) is 24.3 Å². The summed E-state index contributed by atoms with van der Waals surface area (Å²) >= 11 is 1.79. The van der Waals surface area contributed by atoms with Gasteiger partial charge in [-0.1, -0.05) is 13.8 Å². The molecule has 1 aliphatic rings. The second-order valence-corrected chi connectivity index (χ2v) is 7.23. The van der Waals surface area contributed by atoms with E-state index in [4.69, 9.17) is 4.98 Å². The van der Waals surface area contributed by atoms with Crippen LogP contribution >= 0.6 is 11.3 Å². The molecule has 1 fully saturated rings. The molecule has 6 heteroatoms. The highest BCUT2D eigenvalue weighted by atomic mass is 32.1. The third kappa shape index (κ3) is 3.74. The smallest absolute Gasteiger partial charge is 0.122 e. The van der Waals surface area contributed by atoms with E-state index in [1.165, 1.54) is 10.7 Å². The van der Waals surface area contributed by atoms with E-state index in [1.807, 2.05) is 12.4 Å². The minimum absolute atomic E-state index is 0.536. The van der Waals surface area contributed by atoms with Gasteiger partial charge in [0.05, 0.1) is 17.2 Å². The fourth-order valence-electron chi connectivity index (χ4n) is 2.74. The first-order valence-corrected chi connectivity index (χ1v) is 8.85. The summed E-state index contributed by atoms with van der Waals surface area (Å²) in [5.41, 5.74) is 1.23. The van der Waals surface area contributed by atoms with Crippen molar-refractivity contribution in [2.75, 3.05) is 26.2 Å². The highest BCUT2D eigenvalue weighted by molar-refractivity contribution is 7.09. The Bertz CT molecular complexity index is 595. The standard InChI is InChI=1S/C16H25N5S/c1-13(2)16-18-14(12-22-16)10-20-6-8-21(9-7-20)11-15-17-4-5-19(15)3/h4-5,12-13H,6-11H2,1-3H3. The number of piperazine rings is 1. The van der Waals surface area contributed by atoms with Gasteiger partial charge < -0.3 is 4.57 Å². The van der Waals surface area contributed by atoms with Crippen molar-refractivity contribution in [3.8, 4) is 0 Å². The van der Waals surface area contributed by atoms with Gasteiger partial charge in [-0.2, -0.15) is 0 Å². The molecule has 1 saturated heterocycles. The highest BCUT2D eigenvalue weighted by Gasteiger charge is 2.19. The fourth-order valence-corrected chi connectivity index (χ4v) is 3.57. The molecule has 0 amide bonds. The first-order chi connectivity index (χ1) is 10.6. The molecule has 0 N–H and O–H groups in total. The minimum Gasteiger partial charge on any atom is -0.337 e. The minimum atomic E-state index is 0.536. The van der Waals surface area contributed by atoms with E-state index in [0.717, 1.165) is 45.1 Å². The van der Waals surface area contributed by atoms with Crippen molar-refractivity contribution in [3.05, 3.63) is 34.3 Å². The molecular weight excluding hydrogens is 294 g/mol. The van der Waals surface area contributed by atoms with Gasteiger partial charge in [0, 0.05) is 63.5 Å². The molecule has 120 valence electrons. The van der Waals surface area contributed by atoms with Crippen molar-refractivity contribution in [1.29, 1.82) is 0 Å². The van der Waals surface area contributed by atoms with Crippen LogP contribution in [0.5, 0.6) is 0 Å². The Balaban J connectivity index is 1.48. The normalized spacial score (nSPS) is 17.5. The Kier molecular flexibility index (Phi) is 4.90. The van der Waals surface area contributed by atoms with E-state index in [0.29, 0.717) is 5.92 Å². The molecule has 2 aromatic heterocycles. The quantitative estimate of drug-likeness (QED) is 0.847. The summed E-state index contributed by atoms with van der Waals surface area (Å²) in [5, 5.41) is 3.47. The van der Waals surface area contributed by atoms with Crippen LogP contribution in [0, 0.1) is 0 Å². The van der Waals surface area contributed by atoms with Gasteiger partial charge in [0.2, 0.25) is 0 Å². The van der Waals surface area contributed by atoms with Crippen LogP contribution in [0.3, 0.4) is 0 Å². The van der Waals surface area contributed by atoms with Crippen LogP contribution in [0.15, 0.2) is 17.8 Å².